The third kappa shape index (κ3) is 2.63. The second-order valence-electron chi connectivity index (χ2n) is 5.36. The van der Waals surface area contributed by atoms with Gasteiger partial charge in [0.25, 0.3) is 5.91 Å². The van der Waals surface area contributed by atoms with E-state index in [2.05, 4.69) is 10.3 Å². The summed E-state index contributed by atoms with van der Waals surface area (Å²) in [7, 11) is 0. The summed E-state index contributed by atoms with van der Waals surface area (Å²) in [6.07, 6.45) is 8.85. The van der Waals surface area contributed by atoms with Crippen molar-refractivity contribution >= 4 is 33.1 Å². The maximum atomic E-state index is 12.4. The third-order valence-corrected chi connectivity index (χ3v) is 5.03. The Bertz CT molecular complexity index is 615. The Hall–Kier alpha value is -1.62. The number of rotatable bonds is 2. The molecule has 2 heterocycles. The molecule has 5 heteroatoms. The number of thiophene rings is 1. The smallest absolute Gasteiger partial charge is 0.263 e. The molecule has 1 aliphatic carbocycles. The number of hydrogen-bond donors (Lipinski definition) is 2. The summed E-state index contributed by atoms with van der Waals surface area (Å²) in [6.45, 7) is 0. The van der Waals surface area contributed by atoms with Crippen LogP contribution in [-0.4, -0.2) is 16.9 Å². The van der Waals surface area contributed by atoms with Crippen molar-refractivity contribution in [2.45, 2.75) is 44.6 Å². The number of nitrogens with zero attached hydrogens (tertiary/aromatic N) is 1. The number of pyridine rings is 1. The van der Waals surface area contributed by atoms with Crippen LogP contribution in [0.4, 0.5) is 5.69 Å². The molecular weight excluding hydrogens is 270 g/mol. The fourth-order valence-electron chi connectivity index (χ4n) is 2.79. The van der Waals surface area contributed by atoms with Gasteiger partial charge in [-0.15, -0.1) is 11.3 Å². The lowest BCUT2D eigenvalue weighted by atomic mass is 10.1. The van der Waals surface area contributed by atoms with Crippen molar-refractivity contribution in [3.8, 4) is 0 Å². The highest BCUT2D eigenvalue weighted by molar-refractivity contribution is 7.21. The molecule has 1 aliphatic rings. The van der Waals surface area contributed by atoms with Crippen LogP contribution in [0.1, 0.15) is 48.2 Å². The van der Waals surface area contributed by atoms with Gasteiger partial charge >= 0.3 is 0 Å². The number of carbonyl (C=O) groups excluding carboxylic acids is 1. The Kier molecular flexibility index (Phi) is 3.87. The molecule has 3 rings (SSSR count). The van der Waals surface area contributed by atoms with E-state index in [9.17, 15) is 4.79 Å². The number of aromatic nitrogens is 1. The number of anilines is 1. The van der Waals surface area contributed by atoms with Gasteiger partial charge in [-0.25, -0.2) is 4.98 Å². The van der Waals surface area contributed by atoms with Crippen molar-refractivity contribution in [3.63, 3.8) is 0 Å². The number of hydrogen-bond acceptors (Lipinski definition) is 4. The van der Waals surface area contributed by atoms with Gasteiger partial charge in [0.15, 0.2) is 0 Å². The van der Waals surface area contributed by atoms with Gasteiger partial charge in [0.05, 0.1) is 5.69 Å². The first-order valence-electron chi connectivity index (χ1n) is 7.19. The highest BCUT2D eigenvalue weighted by Crippen LogP contribution is 2.32. The number of nitrogen functional groups attached to an aromatic ring is 1. The molecule has 1 saturated carbocycles. The van der Waals surface area contributed by atoms with Gasteiger partial charge in [-0.3, -0.25) is 4.79 Å². The van der Waals surface area contributed by atoms with E-state index in [1.54, 1.807) is 6.20 Å². The van der Waals surface area contributed by atoms with E-state index in [0.29, 0.717) is 16.6 Å². The zero-order valence-electron chi connectivity index (χ0n) is 11.4. The molecule has 0 aliphatic heterocycles. The van der Waals surface area contributed by atoms with Gasteiger partial charge < -0.3 is 11.1 Å². The molecule has 4 nitrogen and oxygen atoms in total. The quantitative estimate of drug-likeness (QED) is 0.833. The summed E-state index contributed by atoms with van der Waals surface area (Å²) >= 11 is 1.38. The molecule has 106 valence electrons. The van der Waals surface area contributed by atoms with Crippen molar-refractivity contribution in [1.82, 2.24) is 10.3 Å². The summed E-state index contributed by atoms with van der Waals surface area (Å²) in [5.41, 5.74) is 6.64. The van der Waals surface area contributed by atoms with E-state index >= 15 is 0 Å². The molecule has 0 bridgehead atoms. The van der Waals surface area contributed by atoms with Crippen molar-refractivity contribution < 1.29 is 4.79 Å². The monoisotopic (exact) mass is 289 g/mol. The summed E-state index contributed by atoms with van der Waals surface area (Å²) in [6, 6.07) is 4.05. The zero-order valence-corrected chi connectivity index (χ0v) is 12.2. The average Bonchev–Trinajstić information content (AvgIpc) is 2.64. The topological polar surface area (TPSA) is 68.0 Å². The van der Waals surface area contributed by atoms with Crippen LogP contribution in [0.3, 0.4) is 0 Å². The Morgan fingerprint density at radius 1 is 1.30 bits per heavy atom. The molecule has 0 aromatic carbocycles. The zero-order chi connectivity index (χ0) is 13.9. The van der Waals surface area contributed by atoms with Crippen LogP contribution < -0.4 is 11.1 Å². The van der Waals surface area contributed by atoms with Gasteiger partial charge in [-0.05, 0) is 25.0 Å². The van der Waals surface area contributed by atoms with Crippen LogP contribution >= 0.6 is 11.3 Å². The summed E-state index contributed by atoms with van der Waals surface area (Å²) in [5, 5.41) is 4.02. The lowest BCUT2D eigenvalue weighted by Crippen LogP contribution is -2.34. The fourth-order valence-corrected chi connectivity index (χ4v) is 3.76. The van der Waals surface area contributed by atoms with Crippen molar-refractivity contribution in [3.05, 3.63) is 23.2 Å². The third-order valence-electron chi connectivity index (χ3n) is 3.90. The number of carbonyl (C=O) groups is 1. The van der Waals surface area contributed by atoms with E-state index in [-0.39, 0.29) is 5.91 Å². The van der Waals surface area contributed by atoms with Gasteiger partial charge in [0.2, 0.25) is 0 Å². The molecular formula is C15H19N3OS. The Morgan fingerprint density at radius 2 is 2.05 bits per heavy atom. The van der Waals surface area contributed by atoms with E-state index < -0.39 is 0 Å². The minimum Gasteiger partial charge on any atom is -0.397 e. The minimum absolute atomic E-state index is 0.0441. The standard InChI is InChI=1S/C15H19N3OS/c16-12-11-8-5-9-17-15(11)20-13(12)14(19)18-10-6-3-1-2-4-7-10/h5,8-10H,1-4,6-7,16H2,(H,18,19). The van der Waals surface area contributed by atoms with Crippen LogP contribution in [-0.2, 0) is 0 Å². The van der Waals surface area contributed by atoms with Crippen molar-refractivity contribution in [1.29, 1.82) is 0 Å². The highest BCUT2D eigenvalue weighted by Gasteiger charge is 2.20. The molecule has 0 spiro atoms. The molecule has 20 heavy (non-hydrogen) atoms. The van der Waals surface area contributed by atoms with E-state index in [0.717, 1.165) is 23.1 Å². The van der Waals surface area contributed by atoms with E-state index in [1.807, 2.05) is 12.1 Å². The number of fused-ring (bicyclic) bond motifs is 1. The Morgan fingerprint density at radius 3 is 2.75 bits per heavy atom. The lowest BCUT2D eigenvalue weighted by Gasteiger charge is -2.15. The molecule has 1 amide bonds. The normalized spacial score (nSPS) is 17.0. The predicted molar refractivity (Wildman–Crippen MR) is 83.0 cm³/mol. The average molecular weight is 289 g/mol. The Labute approximate surface area is 122 Å². The molecule has 3 N–H and O–H groups in total. The van der Waals surface area contributed by atoms with E-state index in [4.69, 9.17) is 5.73 Å². The van der Waals surface area contributed by atoms with Crippen LogP contribution in [0.5, 0.6) is 0 Å². The molecule has 2 aromatic heterocycles. The second kappa shape index (κ2) is 5.79. The molecule has 1 fully saturated rings. The van der Waals surface area contributed by atoms with E-state index in [1.165, 1.54) is 37.0 Å². The Balaban J connectivity index is 1.79. The fraction of sp³-hybridized carbons (Fsp3) is 0.467. The first kappa shape index (κ1) is 13.4. The molecule has 0 radical (unpaired) electrons. The maximum Gasteiger partial charge on any atom is 0.263 e. The summed E-state index contributed by atoms with van der Waals surface area (Å²) in [4.78, 5) is 18.1. The highest BCUT2D eigenvalue weighted by atomic mass is 32.1. The lowest BCUT2D eigenvalue weighted by molar-refractivity contribution is 0.0938. The van der Waals surface area contributed by atoms with Crippen LogP contribution in [0.15, 0.2) is 18.3 Å². The molecule has 2 aromatic rings. The first-order chi connectivity index (χ1) is 9.75. The maximum absolute atomic E-state index is 12.4. The van der Waals surface area contributed by atoms with Crippen LogP contribution in [0, 0.1) is 0 Å². The summed E-state index contributed by atoms with van der Waals surface area (Å²) in [5.74, 6) is -0.0441. The predicted octanol–water partition coefficient (Wildman–Crippen LogP) is 3.33. The van der Waals surface area contributed by atoms with Gasteiger partial charge in [0, 0.05) is 17.6 Å². The van der Waals surface area contributed by atoms with Gasteiger partial charge in [-0.1, -0.05) is 25.7 Å². The van der Waals surface area contributed by atoms with Crippen molar-refractivity contribution in [2.24, 2.45) is 0 Å². The van der Waals surface area contributed by atoms with Gasteiger partial charge in [0.1, 0.15) is 9.71 Å². The summed E-state index contributed by atoms with van der Waals surface area (Å²) < 4.78 is 0. The number of amides is 1. The first-order valence-corrected chi connectivity index (χ1v) is 8.01. The van der Waals surface area contributed by atoms with Gasteiger partial charge in [-0.2, -0.15) is 0 Å². The number of nitrogens with two attached hydrogens (primary N) is 1. The van der Waals surface area contributed by atoms with Crippen LogP contribution in [0.2, 0.25) is 0 Å². The van der Waals surface area contributed by atoms with Crippen molar-refractivity contribution in [2.75, 3.05) is 5.73 Å². The largest absolute Gasteiger partial charge is 0.397 e. The minimum atomic E-state index is -0.0441. The molecule has 0 atom stereocenters. The second-order valence-corrected chi connectivity index (χ2v) is 6.36. The SMILES string of the molecule is Nc1c(C(=O)NC2CCCCCC2)sc2ncccc12. The molecule has 0 unspecified atom stereocenters. The number of nitrogens with one attached hydrogen (secondary N) is 1. The molecule has 0 saturated heterocycles. The van der Waals surface area contributed by atoms with Crippen LogP contribution in [0.25, 0.3) is 10.2 Å².